The Morgan fingerprint density at radius 1 is 1.50 bits per heavy atom. The third-order valence-corrected chi connectivity index (χ3v) is 1.44. The van der Waals surface area contributed by atoms with E-state index < -0.39 is 0 Å². The highest BCUT2D eigenvalue weighted by atomic mass is 15.3. The lowest BCUT2D eigenvalue weighted by Crippen LogP contribution is -2.25. The van der Waals surface area contributed by atoms with Crippen molar-refractivity contribution in [3.8, 4) is 6.07 Å². The van der Waals surface area contributed by atoms with Gasteiger partial charge in [0.2, 0.25) is 5.96 Å². The lowest BCUT2D eigenvalue weighted by Gasteiger charge is -1.94. The molecule has 0 radical (unpaired) electrons. The van der Waals surface area contributed by atoms with Gasteiger partial charge in [0.1, 0.15) is 0 Å². The Kier molecular flexibility index (Phi) is 3.21. The Bertz CT molecular complexity index is 385. The van der Waals surface area contributed by atoms with Crippen LogP contribution in [-0.2, 0) is 0 Å². The van der Waals surface area contributed by atoms with E-state index in [0.29, 0.717) is 5.56 Å². The van der Waals surface area contributed by atoms with E-state index in [-0.39, 0.29) is 5.96 Å². The smallest absolute Gasteiger partial charge is 0.206 e. The highest BCUT2D eigenvalue weighted by molar-refractivity contribution is 5.82. The van der Waals surface area contributed by atoms with Gasteiger partial charge in [-0.25, -0.2) is 5.43 Å². The Labute approximate surface area is 81.4 Å². The monoisotopic (exact) mass is 187 g/mol. The van der Waals surface area contributed by atoms with Crippen LogP contribution in [0.3, 0.4) is 0 Å². The van der Waals surface area contributed by atoms with Gasteiger partial charge >= 0.3 is 0 Å². The molecule has 1 rings (SSSR count). The second-order valence-electron chi connectivity index (χ2n) is 2.52. The number of rotatable bonds is 2. The summed E-state index contributed by atoms with van der Waals surface area (Å²) in [5, 5.41) is 19.1. The first kappa shape index (κ1) is 9.74. The Morgan fingerprint density at radius 3 is 2.64 bits per heavy atom. The molecule has 0 aromatic heterocycles. The van der Waals surface area contributed by atoms with Gasteiger partial charge in [0.15, 0.2) is 0 Å². The standard InChI is InChI=1S/C9H9N5/c10-5-7-1-3-8(4-2-7)6-13-14-9(11)12/h1-4,6H,(H4,11,12,14). The zero-order valence-corrected chi connectivity index (χ0v) is 7.36. The first-order valence-corrected chi connectivity index (χ1v) is 3.85. The number of nitrogens with one attached hydrogen (secondary N) is 2. The van der Waals surface area contributed by atoms with Gasteiger partial charge in [0.05, 0.1) is 17.8 Å². The van der Waals surface area contributed by atoms with Crippen LogP contribution < -0.4 is 11.2 Å². The molecule has 5 nitrogen and oxygen atoms in total. The van der Waals surface area contributed by atoms with Crippen LogP contribution in [0.5, 0.6) is 0 Å². The summed E-state index contributed by atoms with van der Waals surface area (Å²) in [6.45, 7) is 0. The van der Waals surface area contributed by atoms with Crippen molar-refractivity contribution in [2.45, 2.75) is 0 Å². The quantitative estimate of drug-likeness (QED) is 0.354. The van der Waals surface area contributed by atoms with Crippen LogP contribution in [0.4, 0.5) is 0 Å². The third kappa shape index (κ3) is 2.95. The van der Waals surface area contributed by atoms with E-state index in [4.69, 9.17) is 16.4 Å². The predicted molar refractivity (Wildman–Crippen MR) is 53.8 cm³/mol. The molecule has 14 heavy (non-hydrogen) atoms. The van der Waals surface area contributed by atoms with E-state index in [1.165, 1.54) is 6.21 Å². The summed E-state index contributed by atoms with van der Waals surface area (Å²) in [7, 11) is 0. The van der Waals surface area contributed by atoms with Gasteiger partial charge < -0.3 is 5.73 Å². The summed E-state index contributed by atoms with van der Waals surface area (Å²) in [6.07, 6.45) is 1.52. The SMILES string of the molecule is N#Cc1ccc(C=NNC(=N)N)cc1. The molecular weight excluding hydrogens is 178 g/mol. The summed E-state index contributed by atoms with van der Waals surface area (Å²) in [6, 6.07) is 8.90. The molecule has 0 aliphatic carbocycles. The number of nitrogens with zero attached hydrogens (tertiary/aromatic N) is 2. The van der Waals surface area contributed by atoms with Crippen LogP contribution in [0.25, 0.3) is 0 Å². The molecule has 0 aliphatic heterocycles. The van der Waals surface area contributed by atoms with Crippen LogP contribution in [0.2, 0.25) is 0 Å². The van der Waals surface area contributed by atoms with E-state index in [0.717, 1.165) is 5.56 Å². The molecule has 0 amide bonds. The van der Waals surface area contributed by atoms with Gasteiger partial charge in [-0.3, -0.25) is 5.41 Å². The molecule has 0 saturated carbocycles. The molecule has 1 aromatic rings. The number of hydrogen-bond acceptors (Lipinski definition) is 3. The Balaban J connectivity index is 2.65. The van der Waals surface area contributed by atoms with Gasteiger partial charge in [-0.15, -0.1) is 0 Å². The van der Waals surface area contributed by atoms with Gasteiger partial charge in [0.25, 0.3) is 0 Å². The van der Waals surface area contributed by atoms with Crippen molar-refractivity contribution in [1.82, 2.24) is 5.43 Å². The average Bonchev–Trinajstić information content (AvgIpc) is 2.18. The van der Waals surface area contributed by atoms with E-state index in [2.05, 4.69) is 10.5 Å². The van der Waals surface area contributed by atoms with Crippen LogP contribution in [0.1, 0.15) is 11.1 Å². The minimum Gasteiger partial charge on any atom is -0.369 e. The molecule has 0 atom stereocenters. The topological polar surface area (TPSA) is 98.0 Å². The van der Waals surface area contributed by atoms with Crippen molar-refractivity contribution in [3.63, 3.8) is 0 Å². The number of nitrogens with two attached hydrogens (primary N) is 1. The van der Waals surface area contributed by atoms with Gasteiger partial charge in [-0.2, -0.15) is 10.4 Å². The maximum absolute atomic E-state index is 8.54. The molecule has 5 heteroatoms. The van der Waals surface area contributed by atoms with Crippen LogP contribution in [-0.4, -0.2) is 12.2 Å². The zero-order chi connectivity index (χ0) is 10.4. The molecule has 0 spiro atoms. The molecule has 4 N–H and O–H groups in total. The fraction of sp³-hybridized carbons (Fsp3) is 0. The maximum Gasteiger partial charge on any atom is 0.206 e. The fourth-order valence-corrected chi connectivity index (χ4v) is 0.820. The second-order valence-corrected chi connectivity index (χ2v) is 2.52. The predicted octanol–water partition coefficient (Wildman–Crippen LogP) is 0.375. The largest absolute Gasteiger partial charge is 0.369 e. The first-order chi connectivity index (χ1) is 6.72. The first-order valence-electron chi connectivity index (χ1n) is 3.85. The van der Waals surface area contributed by atoms with Gasteiger partial charge in [-0.1, -0.05) is 12.1 Å². The lowest BCUT2D eigenvalue weighted by molar-refractivity contribution is 1.00. The molecule has 70 valence electrons. The van der Waals surface area contributed by atoms with E-state index in [1.54, 1.807) is 24.3 Å². The van der Waals surface area contributed by atoms with Crippen molar-refractivity contribution in [2.75, 3.05) is 0 Å². The summed E-state index contributed by atoms with van der Waals surface area (Å²) < 4.78 is 0. The van der Waals surface area contributed by atoms with Crippen LogP contribution in [0.15, 0.2) is 29.4 Å². The highest BCUT2D eigenvalue weighted by Gasteiger charge is 1.89. The number of benzene rings is 1. The number of nitriles is 1. The van der Waals surface area contributed by atoms with Crippen molar-refractivity contribution in [1.29, 1.82) is 10.7 Å². The molecular formula is C9H9N5. The third-order valence-electron chi connectivity index (χ3n) is 1.44. The summed E-state index contributed by atoms with van der Waals surface area (Å²) in [4.78, 5) is 0. The van der Waals surface area contributed by atoms with Crippen molar-refractivity contribution in [3.05, 3.63) is 35.4 Å². The summed E-state index contributed by atoms with van der Waals surface area (Å²) >= 11 is 0. The second kappa shape index (κ2) is 4.62. The number of hydrazone groups is 1. The highest BCUT2D eigenvalue weighted by Crippen LogP contribution is 2.00. The van der Waals surface area contributed by atoms with E-state index in [1.807, 2.05) is 6.07 Å². The van der Waals surface area contributed by atoms with Crippen LogP contribution in [0, 0.1) is 16.7 Å². The minimum absolute atomic E-state index is 0.213. The minimum atomic E-state index is -0.213. The summed E-state index contributed by atoms with van der Waals surface area (Å²) in [5.74, 6) is -0.213. The fourth-order valence-electron chi connectivity index (χ4n) is 0.820. The number of hydrogen-bond donors (Lipinski definition) is 3. The van der Waals surface area contributed by atoms with Gasteiger partial charge in [-0.05, 0) is 17.7 Å². The molecule has 1 aromatic carbocycles. The van der Waals surface area contributed by atoms with Crippen molar-refractivity contribution < 1.29 is 0 Å². The molecule has 0 fully saturated rings. The van der Waals surface area contributed by atoms with E-state index in [9.17, 15) is 0 Å². The molecule has 0 aliphatic rings. The maximum atomic E-state index is 8.54. The van der Waals surface area contributed by atoms with Crippen LogP contribution >= 0.6 is 0 Å². The summed E-state index contributed by atoms with van der Waals surface area (Å²) in [5.41, 5.74) is 8.74. The molecule has 0 heterocycles. The molecule has 0 unspecified atom stereocenters. The number of guanidine groups is 1. The van der Waals surface area contributed by atoms with Crippen molar-refractivity contribution in [2.24, 2.45) is 10.8 Å². The average molecular weight is 187 g/mol. The van der Waals surface area contributed by atoms with E-state index >= 15 is 0 Å². The molecule has 0 saturated heterocycles. The Hall–Kier alpha value is -2.35. The lowest BCUT2D eigenvalue weighted by atomic mass is 10.2. The normalized spacial score (nSPS) is 9.64. The van der Waals surface area contributed by atoms with Crippen molar-refractivity contribution >= 4 is 12.2 Å². The zero-order valence-electron chi connectivity index (χ0n) is 7.36. The molecule has 0 bridgehead atoms. The van der Waals surface area contributed by atoms with Gasteiger partial charge in [0, 0.05) is 0 Å². The Morgan fingerprint density at radius 2 is 2.14 bits per heavy atom.